The molecule has 16 nitrogen and oxygen atoms in total. The number of anilines is 4. The van der Waals surface area contributed by atoms with Crippen molar-refractivity contribution in [2.45, 2.75) is 0 Å². The quantitative estimate of drug-likeness (QED) is 0.182. The average Bonchev–Trinajstić information content (AvgIpc) is 4.11. The Kier molecular flexibility index (Phi) is 13.8. The Morgan fingerprint density at radius 3 is 0.776 bits per heavy atom. The molecule has 372 valence electrons. The molecule has 0 N–H and O–H groups in total. The monoisotopic (exact) mass is 1040 g/mol. The molecule has 0 fully saturated rings. The van der Waals surface area contributed by atoms with E-state index in [9.17, 15) is 38.4 Å². The second kappa shape index (κ2) is 20.5. The fraction of sp³-hybridized carbons (Fsp3) is 0.0345. The van der Waals surface area contributed by atoms with Gasteiger partial charge in [0.2, 0.25) is 23.1 Å². The predicted octanol–water partition coefficient (Wildman–Crippen LogP) is 1.02. The number of benzene rings is 4. The number of halogens is 2. The van der Waals surface area contributed by atoms with E-state index in [4.69, 9.17) is 0 Å². The number of hydrogen-bond acceptors (Lipinski definition) is 10. The molecule has 12 rings (SSSR count). The number of para-hydroxylation sites is 4. The molecule has 8 heterocycles. The Labute approximate surface area is 445 Å². The molecule has 0 aliphatic carbocycles. The van der Waals surface area contributed by atoms with E-state index in [1.165, 1.54) is 68.7 Å². The molecular weight excluding hydrogens is 1010 g/mol. The lowest BCUT2D eigenvalue weighted by Crippen LogP contribution is -3.00. The van der Waals surface area contributed by atoms with Gasteiger partial charge in [-0.25, -0.2) is 9.13 Å². The number of rotatable bonds is 4. The lowest BCUT2D eigenvalue weighted by molar-refractivity contribution is -0.671. The summed E-state index contributed by atoms with van der Waals surface area (Å²) in [4.78, 5) is 123. The van der Waals surface area contributed by atoms with Gasteiger partial charge >= 0.3 is 0 Å². The number of Topliss-reactive ketones (excluding diaryl/α,β-unsaturated/α-hetero) is 4. The van der Waals surface area contributed by atoms with Gasteiger partial charge in [-0.15, -0.1) is 0 Å². The smallest absolute Gasteiger partial charge is 0.263 e. The standard InChI is InChI=1S/C30H22N4O4.C28H16N4O4.2ClH/c1-31-15-11-19(12-16-31)29(37)33-23-9-5-3-7-21(23)27(35)25(33)26-28(36)22-8-4-6-10-24(22)34(26)30(38)20-13-17-32(2)18-14-20;33-25-19-5-1-3-7-21(19)31(27(35)17-9-13-29-14-10-17)23(25)24-26(34)20-6-2-4-8-22(20)32(24)28(36)18-11-15-30-16-12-18;;/h3-18H,1-2H3;1-16H;2*1H/q+2;;;/p-2/b26-25+;24-23+;;. The summed E-state index contributed by atoms with van der Waals surface area (Å²) in [6.07, 6.45) is 12.8. The van der Waals surface area contributed by atoms with E-state index in [0.29, 0.717) is 33.9 Å². The number of aryl methyl sites for hydroxylation is 2. The number of fused-ring (bicyclic) bond motifs is 4. The molecule has 0 atom stereocenters. The maximum absolute atomic E-state index is 13.9. The zero-order valence-corrected chi connectivity index (χ0v) is 41.6. The van der Waals surface area contributed by atoms with Crippen LogP contribution >= 0.6 is 0 Å². The van der Waals surface area contributed by atoms with Crippen LogP contribution in [0.25, 0.3) is 0 Å². The largest absolute Gasteiger partial charge is 1.00 e. The lowest BCUT2D eigenvalue weighted by Gasteiger charge is -2.24. The van der Waals surface area contributed by atoms with Gasteiger partial charge in [-0.3, -0.25) is 67.9 Å². The van der Waals surface area contributed by atoms with E-state index < -0.39 is 46.8 Å². The van der Waals surface area contributed by atoms with Gasteiger partial charge in [0.15, 0.2) is 24.8 Å². The lowest BCUT2D eigenvalue weighted by atomic mass is 10.1. The number of pyridine rings is 4. The van der Waals surface area contributed by atoms with Crippen molar-refractivity contribution < 1.29 is 72.3 Å². The summed E-state index contributed by atoms with van der Waals surface area (Å²) in [5.74, 6) is -4.01. The van der Waals surface area contributed by atoms with E-state index in [-0.39, 0.29) is 81.0 Å². The highest BCUT2D eigenvalue weighted by Gasteiger charge is 2.49. The van der Waals surface area contributed by atoms with Gasteiger partial charge in [0.05, 0.1) is 33.9 Å². The third-order valence-corrected chi connectivity index (χ3v) is 12.9. The van der Waals surface area contributed by atoms with Gasteiger partial charge in [-0.05, 0) is 72.8 Å². The summed E-state index contributed by atoms with van der Waals surface area (Å²) in [5, 5.41) is 0. The van der Waals surface area contributed by atoms with Crippen molar-refractivity contribution in [2.75, 3.05) is 19.6 Å². The molecule has 18 heteroatoms. The van der Waals surface area contributed by atoms with Crippen LogP contribution in [0.3, 0.4) is 0 Å². The van der Waals surface area contributed by atoms with Crippen molar-refractivity contribution in [3.63, 3.8) is 0 Å². The maximum Gasteiger partial charge on any atom is 0.263 e. The van der Waals surface area contributed by atoms with E-state index in [1.54, 1.807) is 155 Å². The highest BCUT2D eigenvalue weighted by atomic mass is 35.5. The number of amides is 4. The SMILES string of the molecule is C[n+]1ccc(C(=O)N2/C(=C3\C(=O)c4ccccc4N3C(=O)c3cc[n+](C)cc3)C(=O)c3ccccc32)cc1.O=C1/C(=C2/C(=O)c3ccccc3N2C(=O)c2ccncc2)N(C(=O)c2ccncc2)c2ccccc21.[Cl-].[Cl-]. The highest BCUT2D eigenvalue weighted by Crippen LogP contribution is 2.45. The minimum Gasteiger partial charge on any atom is -1.00 e. The summed E-state index contributed by atoms with van der Waals surface area (Å²) in [6.45, 7) is 0. The minimum atomic E-state index is -0.517. The van der Waals surface area contributed by atoms with Crippen LogP contribution in [-0.2, 0) is 14.1 Å². The fourth-order valence-electron chi connectivity index (χ4n) is 9.33. The fourth-order valence-corrected chi connectivity index (χ4v) is 9.33. The van der Waals surface area contributed by atoms with Crippen LogP contribution < -0.4 is 53.5 Å². The predicted molar refractivity (Wildman–Crippen MR) is 268 cm³/mol. The summed E-state index contributed by atoms with van der Waals surface area (Å²) in [7, 11) is 3.66. The van der Waals surface area contributed by atoms with Crippen molar-refractivity contribution >= 4 is 69.5 Å². The second-order valence-corrected chi connectivity index (χ2v) is 17.3. The van der Waals surface area contributed by atoms with E-state index in [0.717, 1.165) is 0 Å². The topological polar surface area (TPSA) is 183 Å². The molecule has 4 aliphatic rings. The molecule has 76 heavy (non-hydrogen) atoms. The zero-order chi connectivity index (χ0) is 51.4. The van der Waals surface area contributed by atoms with Crippen LogP contribution in [0.1, 0.15) is 82.9 Å². The van der Waals surface area contributed by atoms with Crippen LogP contribution in [0, 0.1) is 0 Å². The number of aromatic nitrogens is 4. The summed E-state index contributed by atoms with van der Waals surface area (Å²) >= 11 is 0. The van der Waals surface area contributed by atoms with Gasteiger partial charge in [0, 0.05) is 82.4 Å². The second-order valence-electron chi connectivity index (χ2n) is 17.3. The van der Waals surface area contributed by atoms with Crippen molar-refractivity contribution in [3.05, 3.63) is 262 Å². The van der Waals surface area contributed by atoms with Gasteiger partial charge in [0.1, 0.15) is 36.9 Å². The molecule has 4 aromatic carbocycles. The van der Waals surface area contributed by atoms with E-state index >= 15 is 0 Å². The molecular formula is C58H38Cl2N8O8. The van der Waals surface area contributed by atoms with Crippen molar-refractivity contribution in [2.24, 2.45) is 14.1 Å². The molecule has 4 amide bonds. The molecule has 8 aromatic rings. The van der Waals surface area contributed by atoms with Crippen LogP contribution in [-0.4, -0.2) is 56.7 Å². The molecule has 0 radical (unpaired) electrons. The molecule has 0 saturated heterocycles. The van der Waals surface area contributed by atoms with Crippen molar-refractivity contribution in [1.29, 1.82) is 0 Å². The third-order valence-electron chi connectivity index (χ3n) is 12.9. The van der Waals surface area contributed by atoms with Gasteiger partial charge in [-0.2, -0.15) is 0 Å². The van der Waals surface area contributed by atoms with Crippen molar-refractivity contribution in [3.8, 4) is 0 Å². The zero-order valence-electron chi connectivity index (χ0n) is 40.1. The number of ketones is 4. The third kappa shape index (κ3) is 8.42. The number of hydrogen-bond donors (Lipinski definition) is 0. The number of allylic oxidation sites excluding steroid dienone is 4. The maximum atomic E-state index is 13.9. The van der Waals surface area contributed by atoms with Gasteiger partial charge in [-0.1, -0.05) is 48.5 Å². The summed E-state index contributed by atoms with van der Waals surface area (Å²) in [6, 6.07) is 39.4. The first-order valence-electron chi connectivity index (χ1n) is 23.1. The Hall–Kier alpha value is -9.90. The average molecular weight is 1050 g/mol. The first-order valence-corrected chi connectivity index (χ1v) is 23.1. The highest BCUT2D eigenvalue weighted by molar-refractivity contribution is 6.37. The van der Waals surface area contributed by atoms with Crippen LogP contribution in [0.2, 0.25) is 0 Å². The summed E-state index contributed by atoms with van der Waals surface area (Å²) in [5.41, 5.74) is 3.13. The molecule has 4 aromatic heterocycles. The van der Waals surface area contributed by atoms with E-state index in [1.807, 2.05) is 14.1 Å². The number of nitrogens with zero attached hydrogens (tertiary/aromatic N) is 8. The van der Waals surface area contributed by atoms with Gasteiger partial charge < -0.3 is 24.8 Å². The Bertz CT molecular complexity index is 3580. The Balaban J connectivity index is 0.000000181. The van der Waals surface area contributed by atoms with E-state index in [2.05, 4.69) is 9.97 Å². The first-order chi connectivity index (χ1) is 35.9. The molecule has 0 spiro atoms. The van der Waals surface area contributed by atoms with Crippen LogP contribution in [0.15, 0.2) is 218 Å². The molecule has 0 unspecified atom stereocenters. The molecule has 0 bridgehead atoms. The normalized spacial score (nSPS) is 15.7. The molecule has 0 saturated carbocycles. The van der Waals surface area contributed by atoms with Crippen molar-refractivity contribution in [1.82, 2.24) is 9.97 Å². The summed E-state index contributed by atoms with van der Waals surface area (Å²) < 4.78 is 3.58. The van der Waals surface area contributed by atoms with Gasteiger partial charge in [0.25, 0.3) is 23.6 Å². The minimum absolute atomic E-state index is 0. The Morgan fingerprint density at radius 2 is 0.539 bits per heavy atom. The number of carbonyl (C=O) groups excluding carboxylic acids is 8. The van der Waals surface area contributed by atoms with Crippen LogP contribution in [0.5, 0.6) is 0 Å². The molecule has 4 aliphatic heterocycles. The van der Waals surface area contributed by atoms with Crippen LogP contribution in [0.4, 0.5) is 22.7 Å². The number of carbonyl (C=O) groups is 8. The Morgan fingerprint density at radius 1 is 0.329 bits per heavy atom. The first kappa shape index (κ1) is 51.0.